The van der Waals surface area contributed by atoms with E-state index in [0.717, 1.165) is 17.1 Å². The van der Waals surface area contributed by atoms with Crippen molar-refractivity contribution >= 4 is 45.5 Å². The van der Waals surface area contributed by atoms with E-state index in [1.807, 2.05) is 0 Å². The Morgan fingerprint density at radius 1 is 1.40 bits per heavy atom. The number of aromatic nitrogens is 1. The first-order valence-corrected chi connectivity index (χ1v) is 7.05. The van der Waals surface area contributed by atoms with Crippen molar-refractivity contribution < 1.29 is 0 Å². The van der Waals surface area contributed by atoms with Gasteiger partial charge in [0.1, 0.15) is 5.01 Å². The van der Waals surface area contributed by atoms with Crippen molar-refractivity contribution in [3.05, 3.63) is 38.9 Å². The quantitative estimate of drug-likeness (QED) is 0.598. The summed E-state index contributed by atoms with van der Waals surface area (Å²) in [6.07, 6.45) is 0.849. The molecule has 2 aromatic rings. The van der Waals surface area contributed by atoms with Gasteiger partial charge >= 0.3 is 0 Å². The maximum Gasteiger partial charge on any atom is 0.123 e. The minimum Gasteiger partial charge on any atom is -0.241 e. The number of hydrogen-bond acceptors (Lipinski definition) is 2. The zero-order valence-corrected chi connectivity index (χ0v) is 11.6. The summed E-state index contributed by atoms with van der Waals surface area (Å²) in [5.41, 5.74) is 2.27. The molecule has 0 saturated heterocycles. The summed E-state index contributed by atoms with van der Waals surface area (Å²) in [7, 11) is 0. The van der Waals surface area contributed by atoms with Crippen LogP contribution >= 0.6 is 45.5 Å². The molecule has 1 heterocycles. The number of hydrogen-bond donors (Lipinski definition) is 0. The number of benzene rings is 1. The largest absolute Gasteiger partial charge is 0.241 e. The van der Waals surface area contributed by atoms with Gasteiger partial charge in [-0.25, -0.2) is 4.98 Å². The highest BCUT2D eigenvalue weighted by atomic mass is 127. The number of thiazole rings is 1. The predicted octanol–water partition coefficient (Wildman–Crippen LogP) is 4.20. The van der Waals surface area contributed by atoms with E-state index in [1.165, 1.54) is 9.13 Å². The number of nitrogens with zero attached hydrogens (tertiary/aromatic N) is 1. The van der Waals surface area contributed by atoms with Crippen molar-refractivity contribution in [2.75, 3.05) is 5.88 Å². The van der Waals surface area contributed by atoms with Crippen LogP contribution in [0.3, 0.4) is 0 Å². The third-order valence-electron chi connectivity index (χ3n) is 1.97. The fourth-order valence-corrected chi connectivity index (χ4v) is 2.86. The summed E-state index contributed by atoms with van der Waals surface area (Å²) in [5, 5.41) is 3.16. The van der Waals surface area contributed by atoms with Crippen molar-refractivity contribution in [1.82, 2.24) is 4.98 Å². The van der Waals surface area contributed by atoms with Crippen LogP contribution in [0.5, 0.6) is 0 Å². The molecule has 4 heteroatoms. The van der Waals surface area contributed by atoms with Crippen molar-refractivity contribution in [3.8, 4) is 10.6 Å². The second-order valence-corrected chi connectivity index (χ2v) is 5.58. The minimum absolute atomic E-state index is 0.634. The first-order chi connectivity index (χ1) is 7.29. The standard InChI is InChI=1S/C11H9ClINS/c12-5-4-10-7-15-11(14-10)8-2-1-3-9(13)6-8/h1-3,6-7H,4-5H2. The molecule has 0 saturated carbocycles. The highest BCUT2D eigenvalue weighted by Crippen LogP contribution is 2.25. The fourth-order valence-electron chi connectivity index (χ4n) is 1.27. The molecule has 0 unspecified atom stereocenters. The third kappa shape index (κ3) is 2.92. The molecule has 0 spiro atoms. The number of rotatable bonds is 3. The van der Waals surface area contributed by atoms with Gasteiger partial charge in [-0.15, -0.1) is 22.9 Å². The van der Waals surface area contributed by atoms with Gasteiger partial charge in [-0.2, -0.15) is 0 Å². The second-order valence-electron chi connectivity index (χ2n) is 3.09. The average Bonchev–Trinajstić information content (AvgIpc) is 2.67. The highest BCUT2D eigenvalue weighted by molar-refractivity contribution is 14.1. The van der Waals surface area contributed by atoms with E-state index in [-0.39, 0.29) is 0 Å². The lowest BCUT2D eigenvalue weighted by molar-refractivity contribution is 1.07. The molecular weight excluding hydrogens is 341 g/mol. The van der Waals surface area contributed by atoms with Gasteiger partial charge in [-0.05, 0) is 34.7 Å². The zero-order chi connectivity index (χ0) is 10.7. The summed E-state index contributed by atoms with van der Waals surface area (Å²) < 4.78 is 1.24. The van der Waals surface area contributed by atoms with Crippen molar-refractivity contribution in [3.63, 3.8) is 0 Å². The second kappa shape index (κ2) is 5.27. The van der Waals surface area contributed by atoms with Crippen molar-refractivity contribution in [1.29, 1.82) is 0 Å². The van der Waals surface area contributed by atoms with Crippen LogP contribution in [-0.4, -0.2) is 10.9 Å². The molecule has 0 aliphatic carbocycles. The number of halogens is 2. The Bertz CT molecular complexity index is 455. The number of alkyl halides is 1. The minimum atomic E-state index is 0.634. The van der Waals surface area contributed by atoms with Gasteiger partial charge in [0.05, 0.1) is 5.69 Å². The van der Waals surface area contributed by atoms with Gasteiger partial charge in [-0.1, -0.05) is 12.1 Å². The fraction of sp³-hybridized carbons (Fsp3) is 0.182. The molecule has 1 aromatic heterocycles. The smallest absolute Gasteiger partial charge is 0.123 e. The van der Waals surface area contributed by atoms with Gasteiger partial charge in [0.2, 0.25) is 0 Å². The van der Waals surface area contributed by atoms with Gasteiger partial charge in [0.15, 0.2) is 0 Å². The van der Waals surface area contributed by atoms with Crippen LogP contribution in [-0.2, 0) is 6.42 Å². The molecule has 0 radical (unpaired) electrons. The van der Waals surface area contributed by atoms with Crippen LogP contribution in [0.15, 0.2) is 29.6 Å². The zero-order valence-electron chi connectivity index (χ0n) is 7.91. The maximum absolute atomic E-state index is 5.68. The molecular formula is C11H9ClINS. The van der Waals surface area contributed by atoms with E-state index in [0.29, 0.717) is 5.88 Å². The monoisotopic (exact) mass is 349 g/mol. The number of aryl methyl sites for hydroxylation is 1. The summed E-state index contributed by atoms with van der Waals surface area (Å²) in [5.74, 6) is 0.634. The SMILES string of the molecule is ClCCc1csc(-c2cccc(I)c2)n1. The van der Waals surface area contributed by atoms with E-state index in [9.17, 15) is 0 Å². The van der Waals surface area contributed by atoms with Gasteiger partial charge in [-0.3, -0.25) is 0 Å². The lowest BCUT2D eigenvalue weighted by Gasteiger charge is -1.96. The van der Waals surface area contributed by atoms with Gasteiger partial charge in [0.25, 0.3) is 0 Å². The maximum atomic E-state index is 5.68. The molecule has 1 nitrogen and oxygen atoms in total. The Morgan fingerprint density at radius 2 is 2.27 bits per heavy atom. The molecule has 0 N–H and O–H groups in total. The van der Waals surface area contributed by atoms with E-state index < -0.39 is 0 Å². The summed E-state index contributed by atoms with van der Waals surface area (Å²) in [4.78, 5) is 4.54. The Kier molecular flexibility index (Phi) is 3.99. The molecule has 1 aromatic carbocycles. The average molecular weight is 350 g/mol. The molecule has 0 bridgehead atoms. The molecule has 0 amide bonds. The molecule has 0 aliphatic rings. The first kappa shape index (κ1) is 11.4. The van der Waals surface area contributed by atoms with E-state index in [2.05, 4.69) is 57.2 Å². The lowest BCUT2D eigenvalue weighted by Crippen LogP contribution is -1.85. The van der Waals surface area contributed by atoms with Crippen LogP contribution < -0.4 is 0 Å². The molecule has 2 rings (SSSR count). The van der Waals surface area contributed by atoms with Crippen LogP contribution in [0.2, 0.25) is 0 Å². The Labute approximate surface area is 112 Å². The third-order valence-corrected chi connectivity index (χ3v) is 3.77. The van der Waals surface area contributed by atoms with Crippen LogP contribution in [0.4, 0.5) is 0 Å². The molecule has 0 atom stereocenters. The Balaban J connectivity index is 2.29. The van der Waals surface area contributed by atoms with Crippen LogP contribution in [0.25, 0.3) is 10.6 Å². The Morgan fingerprint density at radius 3 is 3.00 bits per heavy atom. The van der Waals surface area contributed by atoms with E-state index in [4.69, 9.17) is 11.6 Å². The molecule has 0 aliphatic heterocycles. The summed E-state index contributed by atoms with van der Waals surface area (Å²) >= 11 is 9.67. The molecule has 78 valence electrons. The predicted molar refractivity (Wildman–Crippen MR) is 74.7 cm³/mol. The highest BCUT2D eigenvalue weighted by Gasteiger charge is 2.04. The normalized spacial score (nSPS) is 10.5. The van der Waals surface area contributed by atoms with E-state index in [1.54, 1.807) is 11.3 Å². The van der Waals surface area contributed by atoms with Crippen LogP contribution in [0, 0.1) is 3.57 Å². The summed E-state index contributed by atoms with van der Waals surface area (Å²) in [6.45, 7) is 0. The Hall–Kier alpha value is -0.130. The van der Waals surface area contributed by atoms with Gasteiger partial charge < -0.3 is 0 Å². The summed E-state index contributed by atoms with van der Waals surface area (Å²) in [6, 6.07) is 8.37. The van der Waals surface area contributed by atoms with Gasteiger partial charge in [0, 0.05) is 26.8 Å². The first-order valence-electron chi connectivity index (χ1n) is 4.56. The van der Waals surface area contributed by atoms with Crippen molar-refractivity contribution in [2.45, 2.75) is 6.42 Å². The molecule has 15 heavy (non-hydrogen) atoms. The lowest BCUT2D eigenvalue weighted by atomic mass is 10.2. The molecule has 0 fully saturated rings. The van der Waals surface area contributed by atoms with Crippen molar-refractivity contribution in [2.24, 2.45) is 0 Å². The van der Waals surface area contributed by atoms with Crippen LogP contribution in [0.1, 0.15) is 5.69 Å². The van der Waals surface area contributed by atoms with E-state index >= 15 is 0 Å². The topological polar surface area (TPSA) is 12.9 Å².